The lowest BCUT2D eigenvalue weighted by Crippen LogP contribution is -2.42. The monoisotopic (exact) mass is 250 g/mol. The van der Waals surface area contributed by atoms with Crippen LogP contribution in [0.4, 0.5) is 5.69 Å². The lowest BCUT2D eigenvalue weighted by atomic mass is 9.98. The van der Waals surface area contributed by atoms with E-state index in [9.17, 15) is 9.59 Å². The van der Waals surface area contributed by atoms with Gasteiger partial charge < -0.3 is 16.2 Å². The van der Waals surface area contributed by atoms with E-state index < -0.39 is 17.9 Å². The third-order valence-corrected chi connectivity index (χ3v) is 2.91. The Morgan fingerprint density at radius 1 is 1.33 bits per heavy atom. The molecular weight excluding hydrogens is 232 g/mol. The summed E-state index contributed by atoms with van der Waals surface area (Å²) in [6.45, 7) is 4.22. The first kappa shape index (κ1) is 14.2. The van der Waals surface area contributed by atoms with E-state index in [0.717, 1.165) is 6.42 Å². The van der Waals surface area contributed by atoms with E-state index in [-0.39, 0.29) is 0 Å². The number of carbonyl (C=O) groups excluding carboxylic acids is 1. The van der Waals surface area contributed by atoms with Gasteiger partial charge in [0.2, 0.25) is 0 Å². The van der Waals surface area contributed by atoms with Crippen LogP contribution in [0.15, 0.2) is 24.3 Å². The number of anilines is 1. The van der Waals surface area contributed by atoms with E-state index in [0.29, 0.717) is 11.6 Å². The molecule has 5 heteroatoms. The predicted octanol–water partition coefficient (Wildman–Crippen LogP) is 1.55. The maximum Gasteiger partial charge on any atom is 0.330 e. The van der Waals surface area contributed by atoms with Gasteiger partial charge in [-0.2, -0.15) is 0 Å². The second-order valence-corrected chi connectivity index (χ2v) is 4.24. The number of amides is 1. The van der Waals surface area contributed by atoms with Gasteiger partial charge in [0.15, 0.2) is 6.04 Å². The average molecular weight is 250 g/mol. The van der Waals surface area contributed by atoms with Crippen molar-refractivity contribution in [2.75, 3.05) is 5.32 Å². The molecule has 1 amide bonds. The molecule has 0 radical (unpaired) electrons. The molecule has 1 aromatic rings. The van der Waals surface area contributed by atoms with Crippen molar-refractivity contribution < 1.29 is 14.7 Å². The summed E-state index contributed by atoms with van der Waals surface area (Å²) in [5, 5.41) is 11.1. The summed E-state index contributed by atoms with van der Waals surface area (Å²) in [4.78, 5) is 21.9. The van der Waals surface area contributed by atoms with E-state index >= 15 is 0 Å². The Labute approximate surface area is 106 Å². The first-order valence-corrected chi connectivity index (χ1v) is 5.85. The lowest BCUT2D eigenvalue weighted by molar-refractivity contribution is -0.141. The van der Waals surface area contributed by atoms with Gasteiger partial charge in [-0.15, -0.1) is 0 Å². The van der Waals surface area contributed by atoms with Crippen molar-refractivity contribution in [2.45, 2.75) is 32.2 Å². The fourth-order valence-corrected chi connectivity index (χ4v) is 1.46. The molecule has 2 unspecified atom stereocenters. The Hall–Kier alpha value is -1.88. The predicted molar refractivity (Wildman–Crippen MR) is 69.4 cm³/mol. The molecule has 0 saturated carbocycles. The van der Waals surface area contributed by atoms with Gasteiger partial charge in [0.25, 0.3) is 5.91 Å². The zero-order valence-corrected chi connectivity index (χ0v) is 10.5. The van der Waals surface area contributed by atoms with E-state index in [1.165, 1.54) is 5.56 Å². The fraction of sp³-hybridized carbons (Fsp3) is 0.385. The summed E-state index contributed by atoms with van der Waals surface area (Å²) in [6, 6.07) is 5.77. The van der Waals surface area contributed by atoms with Gasteiger partial charge in [-0.1, -0.05) is 26.0 Å². The normalized spacial score (nSPS) is 13.7. The van der Waals surface area contributed by atoms with Crippen LogP contribution in [-0.4, -0.2) is 23.0 Å². The highest BCUT2D eigenvalue weighted by Gasteiger charge is 2.20. The standard InChI is InChI=1S/C13H18N2O3/c1-3-8(2)9-4-6-10(7-5-9)15-12(16)11(14)13(17)18/h4-8,11H,3,14H2,1-2H3,(H,15,16)(H,17,18). The van der Waals surface area contributed by atoms with Crippen LogP contribution in [0.25, 0.3) is 0 Å². The van der Waals surface area contributed by atoms with Crippen molar-refractivity contribution in [3.63, 3.8) is 0 Å². The summed E-state index contributed by atoms with van der Waals surface area (Å²) >= 11 is 0. The fourth-order valence-electron chi connectivity index (χ4n) is 1.46. The van der Waals surface area contributed by atoms with Gasteiger partial charge >= 0.3 is 5.97 Å². The molecule has 0 aliphatic carbocycles. The minimum Gasteiger partial charge on any atom is -0.480 e. The van der Waals surface area contributed by atoms with E-state index in [1.54, 1.807) is 12.1 Å². The maximum absolute atomic E-state index is 11.4. The van der Waals surface area contributed by atoms with Crippen LogP contribution >= 0.6 is 0 Å². The Morgan fingerprint density at radius 2 is 1.89 bits per heavy atom. The Morgan fingerprint density at radius 3 is 2.33 bits per heavy atom. The molecular formula is C13H18N2O3. The second-order valence-electron chi connectivity index (χ2n) is 4.24. The lowest BCUT2D eigenvalue weighted by Gasteiger charge is -2.11. The number of carbonyl (C=O) groups is 2. The smallest absolute Gasteiger partial charge is 0.330 e. The number of hydrogen-bond acceptors (Lipinski definition) is 3. The van der Waals surface area contributed by atoms with Crippen molar-refractivity contribution >= 4 is 17.6 Å². The molecule has 5 nitrogen and oxygen atoms in total. The minimum absolute atomic E-state index is 0.455. The summed E-state index contributed by atoms with van der Waals surface area (Å²) in [5.74, 6) is -1.61. The highest BCUT2D eigenvalue weighted by Crippen LogP contribution is 2.20. The summed E-state index contributed by atoms with van der Waals surface area (Å²) in [7, 11) is 0. The molecule has 18 heavy (non-hydrogen) atoms. The van der Waals surface area contributed by atoms with Crippen LogP contribution in [0.2, 0.25) is 0 Å². The highest BCUT2D eigenvalue weighted by atomic mass is 16.4. The maximum atomic E-state index is 11.4. The van der Waals surface area contributed by atoms with Gasteiger partial charge in [-0.05, 0) is 30.0 Å². The first-order valence-electron chi connectivity index (χ1n) is 5.85. The van der Waals surface area contributed by atoms with Crippen LogP contribution in [0.3, 0.4) is 0 Å². The van der Waals surface area contributed by atoms with E-state index in [1.807, 2.05) is 12.1 Å². The number of hydrogen-bond donors (Lipinski definition) is 3. The molecule has 0 saturated heterocycles. The molecule has 1 rings (SSSR count). The summed E-state index contributed by atoms with van der Waals surface area (Å²) in [5.41, 5.74) is 6.92. The van der Waals surface area contributed by atoms with Crippen molar-refractivity contribution in [3.05, 3.63) is 29.8 Å². The number of aliphatic carboxylic acids is 1. The Bertz CT molecular complexity index is 428. The zero-order chi connectivity index (χ0) is 13.7. The van der Waals surface area contributed by atoms with E-state index in [4.69, 9.17) is 10.8 Å². The third-order valence-electron chi connectivity index (χ3n) is 2.91. The topological polar surface area (TPSA) is 92.4 Å². The van der Waals surface area contributed by atoms with Crippen molar-refractivity contribution in [1.29, 1.82) is 0 Å². The Balaban J connectivity index is 2.69. The molecule has 98 valence electrons. The number of nitrogens with two attached hydrogens (primary N) is 1. The molecule has 0 aliphatic rings. The van der Waals surface area contributed by atoms with Crippen molar-refractivity contribution in [1.82, 2.24) is 0 Å². The highest BCUT2D eigenvalue weighted by molar-refractivity contribution is 6.07. The third kappa shape index (κ3) is 3.56. The zero-order valence-electron chi connectivity index (χ0n) is 10.5. The number of nitrogens with one attached hydrogen (secondary N) is 1. The second kappa shape index (κ2) is 6.16. The van der Waals surface area contributed by atoms with Crippen LogP contribution in [0, 0.1) is 0 Å². The van der Waals surface area contributed by atoms with Crippen LogP contribution in [0.5, 0.6) is 0 Å². The molecule has 0 aromatic heterocycles. The summed E-state index contributed by atoms with van der Waals surface area (Å²) < 4.78 is 0. The van der Waals surface area contributed by atoms with Crippen LogP contribution in [-0.2, 0) is 9.59 Å². The van der Waals surface area contributed by atoms with Gasteiger partial charge in [0.1, 0.15) is 0 Å². The minimum atomic E-state index is -1.54. The number of rotatable bonds is 5. The van der Waals surface area contributed by atoms with Gasteiger partial charge in [0, 0.05) is 5.69 Å². The molecule has 0 aliphatic heterocycles. The van der Waals surface area contributed by atoms with Gasteiger partial charge in [-0.25, -0.2) is 4.79 Å². The number of benzene rings is 1. The molecule has 0 fully saturated rings. The summed E-state index contributed by atoms with van der Waals surface area (Å²) in [6.07, 6.45) is 1.04. The first-order chi connectivity index (χ1) is 8.45. The van der Waals surface area contributed by atoms with Crippen molar-refractivity contribution in [3.8, 4) is 0 Å². The Kier molecular flexibility index (Phi) is 4.85. The van der Waals surface area contributed by atoms with E-state index in [2.05, 4.69) is 19.2 Å². The molecule has 0 heterocycles. The average Bonchev–Trinajstić information content (AvgIpc) is 2.37. The number of carboxylic acids is 1. The SMILES string of the molecule is CCC(C)c1ccc(NC(=O)C(N)C(=O)O)cc1. The van der Waals surface area contributed by atoms with Gasteiger partial charge in [-0.3, -0.25) is 4.79 Å². The van der Waals surface area contributed by atoms with Crippen molar-refractivity contribution in [2.24, 2.45) is 5.73 Å². The molecule has 2 atom stereocenters. The quantitative estimate of drug-likeness (QED) is 0.691. The van der Waals surface area contributed by atoms with Crippen LogP contribution in [0.1, 0.15) is 31.7 Å². The largest absolute Gasteiger partial charge is 0.480 e. The molecule has 4 N–H and O–H groups in total. The number of carboxylic acid groups (broad SMARTS) is 1. The van der Waals surface area contributed by atoms with Gasteiger partial charge in [0.05, 0.1) is 0 Å². The van der Waals surface area contributed by atoms with Crippen LogP contribution < -0.4 is 11.1 Å². The molecule has 0 bridgehead atoms. The molecule has 0 spiro atoms. The molecule has 1 aromatic carbocycles.